The summed E-state index contributed by atoms with van der Waals surface area (Å²) in [5.74, 6) is -1.18. The van der Waals surface area contributed by atoms with Crippen molar-refractivity contribution in [3.8, 4) is 5.75 Å². The highest BCUT2D eigenvalue weighted by atomic mass is 32.2. The van der Waals surface area contributed by atoms with E-state index in [1.54, 1.807) is 0 Å². The monoisotopic (exact) mass is 327 g/mol. The van der Waals surface area contributed by atoms with Crippen LogP contribution in [0.2, 0.25) is 0 Å². The Balaban J connectivity index is 3.23. The van der Waals surface area contributed by atoms with Crippen LogP contribution >= 0.6 is 0 Å². The standard InChI is InChI=1S/C11H12F3NO5S/c1-20-7-2-4-8(5-3-7)21(18,19)9(11(12,13)14)6-10(16)15-17/h2-5,9,17H,6H2,1H3,(H,15,16)/t9-/m0/s1. The van der Waals surface area contributed by atoms with Crippen LogP contribution in [0, 0.1) is 0 Å². The van der Waals surface area contributed by atoms with E-state index in [9.17, 15) is 26.4 Å². The highest BCUT2D eigenvalue weighted by Crippen LogP contribution is 2.33. The van der Waals surface area contributed by atoms with Gasteiger partial charge in [0, 0.05) is 0 Å². The molecule has 0 aliphatic heterocycles. The van der Waals surface area contributed by atoms with Crippen LogP contribution in [0.25, 0.3) is 0 Å². The summed E-state index contributed by atoms with van der Waals surface area (Å²) in [4.78, 5) is 10.3. The molecule has 0 radical (unpaired) electrons. The van der Waals surface area contributed by atoms with E-state index < -0.39 is 38.5 Å². The number of carbonyl (C=O) groups is 1. The Kier molecular flexibility index (Phi) is 5.18. The molecule has 1 amide bonds. The Bertz CT molecular complexity index is 597. The molecule has 0 unspecified atom stereocenters. The maximum absolute atomic E-state index is 12.9. The number of alkyl halides is 3. The normalized spacial score (nSPS) is 13.6. The van der Waals surface area contributed by atoms with Crippen LogP contribution in [0.1, 0.15) is 6.42 Å². The predicted molar refractivity (Wildman–Crippen MR) is 64.6 cm³/mol. The first-order valence-electron chi connectivity index (χ1n) is 5.50. The zero-order chi connectivity index (χ0) is 16.3. The number of hydrogen-bond donors (Lipinski definition) is 2. The lowest BCUT2D eigenvalue weighted by Gasteiger charge is -2.19. The second-order valence-corrected chi connectivity index (χ2v) is 6.12. The number of hydrogen-bond acceptors (Lipinski definition) is 5. The van der Waals surface area contributed by atoms with Crippen molar-refractivity contribution in [3.05, 3.63) is 24.3 Å². The average molecular weight is 327 g/mol. The predicted octanol–water partition coefficient (Wildman–Crippen LogP) is 1.30. The largest absolute Gasteiger partial charge is 0.497 e. The molecule has 0 heterocycles. The number of benzene rings is 1. The summed E-state index contributed by atoms with van der Waals surface area (Å²) in [7, 11) is -3.53. The molecular weight excluding hydrogens is 315 g/mol. The summed E-state index contributed by atoms with van der Waals surface area (Å²) >= 11 is 0. The van der Waals surface area contributed by atoms with E-state index in [2.05, 4.69) is 0 Å². The molecule has 0 spiro atoms. The molecule has 118 valence electrons. The third-order valence-electron chi connectivity index (χ3n) is 2.62. The summed E-state index contributed by atoms with van der Waals surface area (Å²) in [6, 6.07) is 4.27. The fourth-order valence-corrected chi connectivity index (χ4v) is 3.11. The number of nitrogens with one attached hydrogen (secondary N) is 1. The van der Waals surface area contributed by atoms with E-state index in [0.717, 1.165) is 17.6 Å². The van der Waals surface area contributed by atoms with E-state index in [0.29, 0.717) is 0 Å². The van der Waals surface area contributed by atoms with Crippen molar-refractivity contribution in [1.82, 2.24) is 5.48 Å². The quantitative estimate of drug-likeness (QED) is 0.628. The third-order valence-corrected chi connectivity index (χ3v) is 4.74. The van der Waals surface area contributed by atoms with Gasteiger partial charge in [-0.3, -0.25) is 10.0 Å². The SMILES string of the molecule is COc1ccc(S(=O)(=O)[C@@H](CC(=O)NO)C(F)(F)F)cc1. The Morgan fingerprint density at radius 1 is 1.33 bits per heavy atom. The van der Waals surface area contributed by atoms with Gasteiger partial charge in [-0.05, 0) is 24.3 Å². The van der Waals surface area contributed by atoms with Gasteiger partial charge < -0.3 is 4.74 Å². The van der Waals surface area contributed by atoms with Gasteiger partial charge >= 0.3 is 6.18 Å². The van der Waals surface area contributed by atoms with Gasteiger partial charge in [0.05, 0.1) is 18.4 Å². The number of ether oxygens (including phenoxy) is 1. The van der Waals surface area contributed by atoms with Gasteiger partial charge in [-0.1, -0.05) is 0 Å². The number of methoxy groups -OCH3 is 1. The van der Waals surface area contributed by atoms with Gasteiger partial charge in [-0.2, -0.15) is 13.2 Å². The summed E-state index contributed by atoms with van der Waals surface area (Å²) in [5, 5.41) is 5.32. The Morgan fingerprint density at radius 3 is 2.24 bits per heavy atom. The Morgan fingerprint density at radius 2 is 1.86 bits per heavy atom. The summed E-state index contributed by atoms with van der Waals surface area (Å²) in [5.41, 5.74) is 0.986. The molecule has 2 N–H and O–H groups in total. The van der Waals surface area contributed by atoms with Crippen molar-refractivity contribution < 1.29 is 36.3 Å². The van der Waals surface area contributed by atoms with Crippen LogP contribution in [0.5, 0.6) is 5.75 Å². The van der Waals surface area contributed by atoms with Crippen LogP contribution in [0.15, 0.2) is 29.2 Å². The minimum Gasteiger partial charge on any atom is -0.497 e. The van der Waals surface area contributed by atoms with Crippen molar-refractivity contribution in [2.75, 3.05) is 7.11 Å². The summed E-state index contributed by atoms with van der Waals surface area (Å²) in [6.07, 6.45) is -6.60. The lowest BCUT2D eigenvalue weighted by Crippen LogP contribution is -2.40. The number of carbonyl (C=O) groups excluding carboxylic acids is 1. The van der Waals surface area contributed by atoms with Gasteiger partial charge in [0.1, 0.15) is 5.75 Å². The van der Waals surface area contributed by atoms with Crippen molar-refractivity contribution in [1.29, 1.82) is 0 Å². The second-order valence-electron chi connectivity index (χ2n) is 3.99. The maximum atomic E-state index is 12.9. The molecule has 0 aliphatic rings. The van der Waals surface area contributed by atoms with E-state index in [-0.39, 0.29) is 5.75 Å². The van der Waals surface area contributed by atoms with Crippen LogP contribution in [-0.2, 0) is 14.6 Å². The number of halogens is 3. The minimum atomic E-state index is -5.16. The maximum Gasteiger partial charge on any atom is 0.406 e. The van der Waals surface area contributed by atoms with Crippen molar-refractivity contribution in [2.45, 2.75) is 22.7 Å². The highest BCUT2D eigenvalue weighted by Gasteiger charge is 2.50. The molecule has 0 fully saturated rings. The Hall–Kier alpha value is -1.81. The summed E-state index contributed by atoms with van der Waals surface area (Å²) < 4.78 is 67.4. The molecule has 1 aromatic carbocycles. The lowest BCUT2D eigenvalue weighted by atomic mass is 10.3. The molecule has 0 aliphatic carbocycles. The highest BCUT2D eigenvalue weighted by molar-refractivity contribution is 7.92. The average Bonchev–Trinajstić information content (AvgIpc) is 2.43. The molecule has 0 bridgehead atoms. The number of hydroxylamine groups is 1. The first kappa shape index (κ1) is 17.2. The van der Waals surface area contributed by atoms with Crippen molar-refractivity contribution >= 4 is 15.7 Å². The van der Waals surface area contributed by atoms with E-state index >= 15 is 0 Å². The molecule has 1 atom stereocenters. The van der Waals surface area contributed by atoms with E-state index in [1.807, 2.05) is 0 Å². The molecule has 21 heavy (non-hydrogen) atoms. The van der Waals surface area contributed by atoms with Gasteiger partial charge in [-0.15, -0.1) is 0 Å². The molecule has 0 aromatic heterocycles. The fourth-order valence-electron chi connectivity index (χ4n) is 1.55. The molecule has 10 heteroatoms. The molecule has 1 rings (SSSR count). The van der Waals surface area contributed by atoms with Gasteiger partial charge in [0.2, 0.25) is 5.91 Å². The van der Waals surface area contributed by atoms with E-state index in [1.165, 1.54) is 19.2 Å². The molecule has 6 nitrogen and oxygen atoms in total. The number of amides is 1. The van der Waals surface area contributed by atoms with Gasteiger partial charge in [0.15, 0.2) is 15.1 Å². The van der Waals surface area contributed by atoms with Crippen molar-refractivity contribution in [3.63, 3.8) is 0 Å². The zero-order valence-corrected chi connectivity index (χ0v) is 11.5. The fraction of sp³-hybridized carbons (Fsp3) is 0.364. The van der Waals surface area contributed by atoms with Crippen LogP contribution in [-0.4, -0.2) is 38.1 Å². The first-order valence-corrected chi connectivity index (χ1v) is 7.05. The lowest BCUT2D eigenvalue weighted by molar-refractivity contribution is -0.145. The Labute approximate surface area is 118 Å². The number of sulfone groups is 1. The molecule has 0 saturated carbocycles. The van der Waals surface area contributed by atoms with Gasteiger partial charge in [0.25, 0.3) is 0 Å². The van der Waals surface area contributed by atoms with Crippen LogP contribution in [0.3, 0.4) is 0 Å². The summed E-state index contributed by atoms with van der Waals surface area (Å²) in [6.45, 7) is 0. The number of rotatable bonds is 5. The first-order chi connectivity index (χ1) is 9.62. The molecular formula is C11H12F3NO5S. The van der Waals surface area contributed by atoms with Crippen LogP contribution < -0.4 is 10.2 Å². The van der Waals surface area contributed by atoms with Crippen molar-refractivity contribution in [2.24, 2.45) is 0 Å². The minimum absolute atomic E-state index is 0.269. The molecule has 1 aromatic rings. The third kappa shape index (κ3) is 4.08. The smallest absolute Gasteiger partial charge is 0.406 e. The van der Waals surface area contributed by atoms with E-state index in [4.69, 9.17) is 9.94 Å². The second kappa shape index (κ2) is 6.31. The van der Waals surface area contributed by atoms with Crippen LogP contribution in [0.4, 0.5) is 13.2 Å². The molecule has 0 saturated heterocycles. The van der Waals surface area contributed by atoms with Gasteiger partial charge in [-0.25, -0.2) is 13.9 Å². The topological polar surface area (TPSA) is 92.7 Å². The zero-order valence-electron chi connectivity index (χ0n) is 10.7.